The second-order valence-corrected chi connectivity index (χ2v) is 7.82. The lowest BCUT2D eigenvalue weighted by molar-refractivity contribution is -0.136. The van der Waals surface area contributed by atoms with Gasteiger partial charge in [-0.15, -0.1) is 11.8 Å². The molecular weight excluding hydrogens is 268 g/mol. The minimum Gasteiger partial charge on any atom is -0.298 e. The zero-order valence-electron chi connectivity index (χ0n) is 12.4. The Morgan fingerprint density at radius 1 is 1.15 bits per heavy atom. The number of benzene rings is 1. The van der Waals surface area contributed by atoms with Crippen molar-refractivity contribution in [1.29, 1.82) is 0 Å². The summed E-state index contributed by atoms with van der Waals surface area (Å²) < 4.78 is -0.877. The van der Waals surface area contributed by atoms with E-state index in [0.29, 0.717) is 12.8 Å². The summed E-state index contributed by atoms with van der Waals surface area (Å²) in [5.74, 6) is 0.182. The Balaban J connectivity index is 2.39. The van der Waals surface area contributed by atoms with E-state index in [1.165, 1.54) is 11.8 Å². The van der Waals surface area contributed by atoms with Crippen molar-refractivity contribution in [3.8, 4) is 0 Å². The van der Waals surface area contributed by atoms with Crippen LogP contribution in [0.25, 0.3) is 0 Å². The van der Waals surface area contributed by atoms with Gasteiger partial charge < -0.3 is 0 Å². The summed E-state index contributed by atoms with van der Waals surface area (Å²) in [4.78, 5) is 26.5. The number of Topliss-reactive ketones (excluding diaryl/α,β-unsaturated/α-hetero) is 2. The molecule has 1 aromatic rings. The number of hydrogen-bond acceptors (Lipinski definition) is 3. The molecule has 1 unspecified atom stereocenters. The van der Waals surface area contributed by atoms with E-state index in [-0.39, 0.29) is 11.6 Å². The largest absolute Gasteiger partial charge is 0.298 e. The van der Waals surface area contributed by atoms with Gasteiger partial charge in [0, 0.05) is 16.7 Å². The van der Waals surface area contributed by atoms with Gasteiger partial charge in [-0.05, 0) is 25.0 Å². The fourth-order valence-electron chi connectivity index (χ4n) is 2.69. The van der Waals surface area contributed by atoms with Crippen LogP contribution in [-0.2, 0) is 9.59 Å². The van der Waals surface area contributed by atoms with Crippen LogP contribution in [0.5, 0.6) is 0 Å². The molecule has 1 aliphatic carbocycles. The van der Waals surface area contributed by atoms with Gasteiger partial charge in [0.1, 0.15) is 4.75 Å². The van der Waals surface area contributed by atoms with E-state index in [9.17, 15) is 9.59 Å². The minimum absolute atomic E-state index is 0.0727. The third kappa shape index (κ3) is 2.98. The summed E-state index contributed by atoms with van der Waals surface area (Å²) in [5.41, 5.74) is -0.491. The predicted octanol–water partition coefficient (Wildman–Crippen LogP) is 4.28. The molecule has 2 nitrogen and oxygen atoms in total. The smallest absolute Gasteiger partial charge is 0.162 e. The summed E-state index contributed by atoms with van der Waals surface area (Å²) >= 11 is 1.46. The Hall–Kier alpha value is -1.09. The van der Waals surface area contributed by atoms with Crippen LogP contribution in [0.2, 0.25) is 0 Å². The van der Waals surface area contributed by atoms with Crippen LogP contribution in [0.4, 0.5) is 0 Å². The van der Waals surface area contributed by atoms with Crippen LogP contribution < -0.4 is 0 Å². The molecule has 2 rings (SSSR count). The van der Waals surface area contributed by atoms with Gasteiger partial charge in [0.2, 0.25) is 0 Å². The van der Waals surface area contributed by atoms with Crippen molar-refractivity contribution >= 4 is 23.3 Å². The van der Waals surface area contributed by atoms with Gasteiger partial charge in [0.15, 0.2) is 11.6 Å². The fourth-order valence-corrected chi connectivity index (χ4v) is 4.25. The first-order valence-corrected chi connectivity index (χ1v) is 8.00. The van der Waals surface area contributed by atoms with E-state index in [1.54, 1.807) is 0 Å². The van der Waals surface area contributed by atoms with Crippen LogP contribution in [0.3, 0.4) is 0 Å². The lowest BCUT2D eigenvalue weighted by Crippen LogP contribution is -2.50. The molecule has 0 radical (unpaired) electrons. The highest BCUT2D eigenvalue weighted by atomic mass is 32.2. The van der Waals surface area contributed by atoms with Crippen LogP contribution in [0, 0.1) is 5.41 Å². The fraction of sp³-hybridized carbons (Fsp3) is 0.529. The minimum atomic E-state index is -0.877. The highest BCUT2D eigenvalue weighted by molar-refractivity contribution is 8.02. The average Bonchev–Trinajstić information content (AvgIpc) is 2.41. The molecule has 0 amide bonds. The summed E-state index contributed by atoms with van der Waals surface area (Å²) in [6.07, 6.45) is 3.06. The normalized spacial score (nSPS) is 23.6. The van der Waals surface area contributed by atoms with Gasteiger partial charge >= 0.3 is 0 Å². The van der Waals surface area contributed by atoms with Crippen molar-refractivity contribution in [1.82, 2.24) is 0 Å². The van der Waals surface area contributed by atoms with Gasteiger partial charge in [0.25, 0.3) is 0 Å². The molecular formula is C17H22O2S. The monoisotopic (exact) mass is 290 g/mol. The van der Waals surface area contributed by atoms with Crippen molar-refractivity contribution in [2.24, 2.45) is 5.41 Å². The molecule has 3 heteroatoms. The molecule has 20 heavy (non-hydrogen) atoms. The quantitative estimate of drug-likeness (QED) is 0.779. The van der Waals surface area contributed by atoms with Crippen molar-refractivity contribution in [3.05, 3.63) is 30.3 Å². The Labute approximate surface area is 125 Å². The maximum Gasteiger partial charge on any atom is 0.162 e. The van der Waals surface area contributed by atoms with E-state index in [1.807, 2.05) is 51.1 Å². The molecule has 0 spiro atoms. The van der Waals surface area contributed by atoms with Crippen LogP contribution >= 0.6 is 11.8 Å². The van der Waals surface area contributed by atoms with E-state index in [2.05, 4.69) is 0 Å². The second kappa shape index (κ2) is 5.72. The Bertz CT molecular complexity index is 501. The zero-order valence-corrected chi connectivity index (χ0v) is 13.3. The van der Waals surface area contributed by atoms with Gasteiger partial charge in [0.05, 0.1) is 0 Å². The van der Waals surface area contributed by atoms with Crippen LogP contribution in [-0.4, -0.2) is 16.3 Å². The van der Waals surface area contributed by atoms with E-state index in [0.717, 1.165) is 17.7 Å². The molecule has 0 aliphatic heterocycles. The lowest BCUT2D eigenvalue weighted by atomic mass is 9.75. The Morgan fingerprint density at radius 3 is 2.35 bits per heavy atom. The number of carbonyl (C=O) groups is 2. The van der Waals surface area contributed by atoms with Crippen molar-refractivity contribution in [2.45, 2.75) is 56.1 Å². The molecule has 0 aromatic heterocycles. The topological polar surface area (TPSA) is 34.1 Å². The first kappa shape index (κ1) is 15.3. The standard InChI is InChI=1S/C17H22O2S/c1-16(2,3)15(19)17(12-8-7-11-14(17)18)20-13-9-5-4-6-10-13/h4-6,9-10H,7-8,11-12H2,1-3H3. The predicted molar refractivity (Wildman–Crippen MR) is 83.0 cm³/mol. The Kier molecular flexibility index (Phi) is 4.38. The van der Waals surface area contributed by atoms with E-state index in [4.69, 9.17) is 0 Å². The summed E-state index contributed by atoms with van der Waals surface area (Å²) in [6.45, 7) is 5.72. The molecule has 1 atom stereocenters. The Morgan fingerprint density at radius 2 is 1.80 bits per heavy atom. The number of ketones is 2. The van der Waals surface area contributed by atoms with Crippen molar-refractivity contribution < 1.29 is 9.59 Å². The highest BCUT2D eigenvalue weighted by Gasteiger charge is 2.50. The molecule has 0 heterocycles. The van der Waals surface area contributed by atoms with Crippen molar-refractivity contribution in [2.75, 3.05) is 0 Å². The molecule has 0 N–H and O–H groups in total. The summed E-state index contributed by atoms with van der Waals surface area (Å²) in [5, 5.41) is 0. The van der Waals surface area contributed by atoms with Crippen LogP contribution in [0.15, 0.2) is 35.2 Å². The lowest BCUT2D eigenvalue weighted by Gasteiger charge is -2.38. The van der Waals surface area contributed by atoms with Gasteiger partial charge in [-0.25, -0.2) is 0 Å². The highest BCUT2D eigenvalue weighted by Crippen LogP contribution is 2.45. The molecule has 1 aliphatic rings. The van der Waals surface area contributed by atoms with Crippen molar-refractivity contribution in [3.63, 3.8) is 0 Å². The summed E-state index contributed by atoms with van der Waals surface area (Å²) in [6, 6.07) is 9.80. The number of hydrogen-bond donors (Lipinski definition) is 0. The first-order valence-electron chi connectivity index (χ1n) is 7.18. The maximum atomic E-state index is 12.9. The number of rotatable bonds is 3. The number of thioether (sulfide) groups is 1. The molecule has 1 fully saturated rings. The first-order chi connectivity index (χ1) is 9.36. The molecule has 1 aromatic carbocycles. The van der Waals surface area contributed by atoms with E-state index >= 15 is 0 Å². The third-order valence-electron chi connectivity index (χ3n) is 3.72. The second-order valence-electron chi connectivity index (χ2n) is 6.45. The van der Waals surface area contributed by atoms with Gasteiger partial charge in [-0.3, -0.25) is 9.59 Å². The van der Waals surface area contributed by atoms with Gasteiger partial charge in [-0.2, -0.15) is 0 Å². The zero-order chi connectivity index (χ0) is 14.8. The molecule has 0 saturated heterocycles. The van der Waals surface area contributed by atoms with E-state index < -0.39 is 10.2 Å². The molecule has 108 valence electrons. The van der Waals surface area contributed by atoms with Gasteiger partial charge in [-0.1, -0.05) is 45.4 Å². The number of carbonyl (C=O) groups excluding carboxylic acids is 2. The summed E-state index contributed by atoms with van der Waals surface area (Å²) in [7, 11) is 0. The van der Waals surface area contributed by atoms with Crippen LogP contribution in [0.1, 0.15) is 46.5 Å². The molecule has 0 bridgehead atoms. The average molecular weight is 290 g/mol. The SMILES string of the molecule is CC(C)(C)C(=O)C1(Sc2ccccc2)CCCCC1=O. The maximum absolute atomic E-state index is 12.9. The molecule has 1 saturated carbocycles. The third-order valence-corrected chi connectivity index (χ3v) is 5.19.